The Balaban J connectivity index is 1.70. The van der Waals surface area contributed by atoms with Crippen LogP contribution in [-0.4, -0.2) is 44.2 Å². The van der Waals surface area contributed by atoms with Crippen molar-refractivity contribution in [2.24, 2.45) is 5.92 Å². The maximum absolute atomic E-state index is 12.5. The number of likely N-dealkylation sites (N-methyl/N-ethyl adjacent to an activating group) is 1. The van der Waals surface area contributed by atoms with Crippen LogP contribution in [0.15, 0.2) is 48.5 Å². The molecule has 2 aromatic rings. The van der Waals surface area contributed by atoms with Crippen molar-refractivity contribution >= 4 is 5.91 Å². The molecule has 2 unspecified atom stereocenters. The maximum atomic E-state index is 12.5. The largest absolute Gasteiger partial charge is 0.493 e. The van der Waals surface area contributed by atoms with Crippen LogP contribution in [0, 0.1) is 5.92 Å². The van der Waals surface area contributed by atoms with Crippen LogP contribution in [0.3, 0.4) is 0 Å². The standard InChI is InChI=1S/C26H36N2O3/c1-4-8-20(2)18-31-23-12-11-22(24(16-23)25-19-30-14-13-28(25)3)17-27-26(29)15-21-9-6-5-7-10-21/h5-7,9-12,16,20,25H,4,8,13-15,17-19H2,1-3H3,(H,27,29). The van der Waals surface area contributed by atoms with E-state index in [4.69, 9.17) is 9.47 Å². The van der Waals surface area contributed by atoms with Crippen LogP contribution in [0.2, 0.25) is 0 Å². The van der Waals surface area contributed by atoms with Gasteiger partial charge in [0, 0.05) is 13.1 Å². The number of benzene rings is 2. The number of ether oxygens (including phenoxy) is 2. The van der Waals surface area contributed by atoms with Crippen LogP contribution >= 0.6 is 0 Å². The van der Waals surface area contributed by atoms with Crippen molar-refractivity contribution in [3.63, 3.8) is 0 Å². The smallest absolute Gasteiger partial charge is 0.224 e. The Morgan fingerprint density at radius 2 is 2.06 bits per heavy atom. The Morgan fingerprint density at radius 3 is 2.81 bits per heavy atom. The number of hydrogen-bond donors (Lipinski definition) is 1. The predicted molar refractivity (Wildman–Crippen MR) is 124 cm³/mol. The van der Waals surface area contributed by atoms with E-state index >= 15 is 0 Å². The number of carbonyl (C=O) groups excluding carboxylic acids is 1. The monoisotopic (exact) mass is 424 g/mol. The number of rotatable bonds is 10. The second kappa shape index (κ2) is 11.9. The zero-order valence-corrected chi connectivity index (χ0v) is 19.1. The highest BCUT2D eigenvalue weighted by Crippen LogP contribution is 2.29. The minimum absolute atomic E-state index is 0.0270. The van der Waals surface area contributed by atoms with Crippen molar-refractivity contribution in [1.82, 2.24) is 10.2 Å². The molecule has 5 heteroatoms. The van der Waals surface area contributed by atoms with E-state index in [1.54, 1.807) is 0 Å². The number of nitrogens with one attached hydrogen (secondary N) is 1. The number of nitrogens with zero attached hydrogens (tertiary/aromatic N) is 1. The van der Waals surface area contributed by atoms with E-state index < -0.39 is 0 Å². The molecular weight excluding hydrogens is 388 g/mol. The van der Waals surface area contributed by atoms with Gasteiger partial charge >= 0.3 is 0 Å². The third-order valence-corrected chi connectivity index (χ3v) is 5.87. The van der Waals surface area contributed by atoms with Gasteiger partial charge in [-0.05, 0) is 48.2 Å². The van der Waals surface area contributed by atoms with E-state index in [0.29, 0.717) is 25.5 Å². The van der Waals surface area contributed by atoms with Crippen molar-refractivity contribution in [3.8, 4) is 5.75 Å². The zero-order chi connectivity index (χ0) is 22.1. The molecule has 0 bridgehead atoms. The van der Waals surface area contributed by atoms with Gasteiger partial charge in [0.25, 0.3) is 0 Å². The molecule has 0 aliphatic carbocycles. The molecule has 0 saturated carbocycles. The summed E-state index contributed by atoms with van der Waals surface area (Å²) in [5.41, 5.74) is 3.30. The summed E-state index contributed by atoms with van der Waals surface area (Å²) in [5, 5.41) is 3.09. The third kappa shape index (κ3) is 7.08. The van der Waals surface area contributed by atoms with Crippen molar-refractivity contribution in [2.75, 3.05) is 33.4 Å². The molecule has 0 radical (unpaired) electrons. The second-order valence-corrected chi connectivity index (χ2v) is 8.58. The van der Waals surface area contributed by atoms with Gasteiger partial charge in [-0.25, -0.2) is 0 Å². The fraction of sp³-hybridized carbons (Fsp3) is 0.500. The van der Waals surface area contributed by atoms with Crippen molar-refractivity contribution in [2.45, 2.75) is 45.7 Å². The molecule has 1 N–H and O–H groups in total. The number of morpholine rings is 1. The summed E-state index contributed by atoms with van der Waals surface area (Å²) in [6.45, 7) is 7.94. The fourth-order valence-electron chi connectivity index (χ4n) is 4.00. The van der Waals surface area contributed by atoms with E-state index in [0.717, 1.165) is 43.1 Å². The van der Waals surface area contributed by atoms with Gasteiger partial charge in [0.2, 0.25) is 5.91 Å². The Labute approximate surface area is 186 Å². The number of carbonyl (C=O) groups is 1. The van der Waals surface area contributed by atoms with Gasteiger partial charge in [0.15, 0.2) is 0 Å². The lowest BCUT2D eigenvalue weighted by atomic mass is 9.98. The molecule has 0 aromatic heterocycles. The van der Waals surface area contributed by atoms with Gasteiger partial charge in [-0.1, -0.05) is 56.7 Å². The Kier molecular flexibility index (Phi) is 8.92. The van der Waals surface area contributed by atoms with Gasteiger partial charge in [0.05, 0.1) is 32.3 Å². The number of amides is 1. The lowest BCUT2D eigenvalue weighted by molar-refractivity contribution is -0.120. The predicted octanol–water partition coefficient (Wildman–Crippen LogP) is 4.36. The summed E-state index contributed by atoms with van der Waals surface area (Å²) < 4.78 is 11.9. The van der Waals surface area contributed by atoms with E-state index in [-0.39, 0.29) is 11.9 Å². The second-order valence-electron chi connectivity index (χ2n) is 8.58. The molecule has 31 heavy (non-hydrogen) atoms. The quantitative estimate of drug-likeness (QED) is 0.616. The van der Waals surface area contributed by atoms with Crippen molar-refractivity contribution in [1.29, 1.82) is 0 Å². The van der Waals surface area contributed by atoms with Crippen LogP contribution in [0.1, 0.15) is 49.4 Å². The van der Waals surface area contributed by atoms with Crippen LogP contribution in [0.4, 0.5) is 0 Å². The van der Waals surface area contributed by atoms with Crippen LogP contribution in [0.25, 0.3) is 0 Å². The van der Waals surface area contributed by atoms with E-state index in [9.17, 15) is 4.79 Å². The fourth-order valence-corrected chi connectivity index (χ4v) is 4.00. The molecule has 3 rings (SSSR count). The first-order valence-electron chi connectivity index (χ1n) is 11.4. The van der Waals surface area contributed by atoms with Gasteiger partial charge in [-0.3, -0.25) is 9.69 Å². The summed E-state index contributed by atoms with van der Waals surface area (Å²) in [6, 6.07) is 16.2. The molecule has 1 heterocycles. The van der Waals surface area contributed by atoms with Crippen LogP contribution in [-0.2, 0) is 22.5 Å². The highest BCUT2D eigenvalue weighted by molar-refractivity contribution is 5.78. The molecule has 1 aliphatic rings. The first-order chi connectivity index (χ1) is 15.1. The molecular formula is C26H36N2O3. The Hall–Kier alpha value is -2.37. The molecule has 1 amide bonds. The topological polar surface area (TPSA) is 50.8 Å². The third-order valence-electron chi connectivity index (χ3n) is 5.87. The highest BCUT2D eigenvalue weighted by atomic mass is 16.5. The average Bonchev–Trinajstić information content (AvgIpc) is 2.78. The maximum Gasteiger partial charge on any atom is 0.224 e. The van der Waals surface area contributed by atoms with Crippen LogP contribution in [0.5, 0.6) is 5.75 Å². The molecule has 5 nitrogen and oxygen atoms in total. The van der Waals surface area contributed by atoms with E-state index in [2.05, 4.69) is 43.2 Å². The van der Waals surface area contributed by atoms with Gasteiger partial charge in [0.1, 0.15) is 5.75 Å². The van der Waals surface area contributed by atoms with Crippen molar-refractivity contribution in [3.05, 3.63) is 65.2 Å². The lowest BCUT2D eigenvalue weighted by Crippen LogP contribution is -2.37. The summed E-state index contributed by atoms with van der Waals surface area (Å²) in [4.78, 5) is 14.8. The summed E-state index contributed by atoms with van der Waals surface area (Å²) in [7, 11) is 2.13. The normalized spacial score (nSPS) is 17.8. The minimum atomic E-state index is 0.0270. The van der Waals surface area contributed by atoms with E-state index in [1.807, 2.05) is 36.4 Å². The molecule has 1 saturated heterocycles. The van der Waals surface area contributed by atoms with Gasteiger partial charge in [-0.15, -0.1) is 0 Å². The molecule has 2 atom stereocenters. The van der Waals surface area contributed by atoms with Gasteiger partial charge in [-0.2, -0.15) is 0 Å². The molecule has 1 fully saturated rings. The Bertz CT molecular complexity index is 825. The Morgan fingerprint density at radius 1 is 1.26 bits per heavy atom. The average molecular weight is 425 g/mol. The van der Waals surface area contributed by atoms with Gasteiger partial charge < -0.3 is 14.8 Å². The summed E-state index contributed by atoms with van der Waals surface area (Å²) in [6.07, 6.45) is 2.72. The minimum Gasteiger partial charge on any atom is -0.493 e. The summed E-state index contributed by atoms with van der Waals surface area (Å²) in [5.74, 6) is 1.45. The van der Waals surface area contributed by atoms with Crippen LogP contribution < -0.4 is 10.1 Å². The highest BCUT2D eigenvalue weighted by Gasteiger charge is 2.24. The first-order valence-corrected chi connectivity index (χ1v) is 11.4. The lowest BCUT2D eigenvalue weighted by Gasteiger charge is -2.34. The van der Waals surface area contributed by atoms with Crippen molar-refractivity contribution < 1.29 is 14.3 Å². The molecule has 2 aromatic carbocycles. The molecule has 168 valence electrons. The zero-order valence-electron chi connectivity index (χ0n) is 19.1. The summed E-state index contributed by atoms with van der Waals surface area (Å²) >= 11 is 0. The first kappa shape index (κ1) is 23.3. The molecule has 0 spiro atoms. The van der Waals surface area contributed by atoms with E-state index in [1.165, 1.54) is 12.0 Å². The number of hydrogen-bond acceptors (Lipinski definition) is 4. The molecule has 1 aliphatic heterocycles. The SMILES string of the molecule is CCCC(C)COc1ccc(CNC(=O)Cc2ccccc2)c(C2COCCN2C)c1.